The van der Waals surface area contributed by atoms with Crippen LogP contribution in [0.25, 0.3) is 0 Å². The quantitative estimate of drug-likeness (QED) is 0.737. The summed E-state index contributed by atoms with van der Waals surface area (Å²) < 4.78 is 1.07. The fraction of sp³-hybridized carbons (Fsp3) is 0.333. The normalized spacial score (nSPS) is 9.92. The standard InChI is InChI=1S/C9H9IN2/c1-6(2)9-7(3-11)4-12-5-8(9)10/h4-6H,1-2H3. The molecular formula is C9H9IN2. The van der Waals surface area contributed by atoms with Gasteiger partial charge in [0.15, 0.2) is 0 Å². The van der Waals surface area contributed by atoms with E-state index in [9.17, 15) is 0 Å². The summed E-state index contributed by atoms with van der Waals surface area (Å²) in [4.78, 5) is 3.97. The van der Waals surface area contributed by atoms with Gasteiger partial charge in [0, 0.05) is 16.0 Å². The summed E-state index contributed by atoms with van der Waals surface area (Å²) in [6.45, 7) is 4.16. The second-order valence-corrected chi connectivity index (χ2v) is 4.01. The first kappa shape index (κ1) is 9.46. The first-order valence-corrected chi connectivity index (χ1v) is 4.78. The Bertz CT molecular complexity index is 326. The van der Waals surface area contributed by atoms with E-state index >= 15 is 0 Å². The van der Waals surface area contributed by atoms with Crippen molar-refractivity contribution < 1.29 is 0 Å². The SMILES string of the molecule is CC(C)c1c(I)cncc1C#N. The molecule has 0 spiro atoms. The highest BCUT2D eigenvalue weighted by Gasteiger charge is 2.09. The highest BCUT2D eigenvalue weighted by Crippen LogP contribution is 2.23. The molecule has 12 heavy (non-hydrogen) atoms. The lowest BCUT2D eigenvalue weighted by atomic mass is 10.0. The zero-order chi connectivity index (χ0) is 9.14. The van der Waals surface area contributed by atoms with Gasteiger partial charge in [-0.25, -0.2) is 0 Å². The number of pyridine rings is 1. The van der Waals surface area contributed by atoms with Gasteiger partial charge in [-0.05, 0) is 34.1 Å². The van der Waals surface area contributed by atoms with Gasteiger partial charge in [0.05, 0.1) is 5.56 Å². The Kier molecular flexibility index (Phi) is 3.04. The van der Waals surface area contributed by atoms with Crippen LogP contribution in [0.5, 0.6) is 0 Å². The van der Waals surface area contributed by atoms with Crippen molar-refractivity contribution in [2.75, 3.05) is 0 Å². The molecule has 0 saturated carbocycles. The molecule has 0 N–H and O–H groups in total. The number of hydrogen-bond acceptors (Lipinski definition) is 2. The number of nitrogens with zero attached hydrogens (tertiary/aromatic N) is 2. The molecule has 62 valence electrons. The molecular weight excluding hydrogens is 263 g/mol. The van der Waals surface area contributed by atoms with Gasteiger partial charge in [0.2, 0.25) is 0 Å². The summed E-state index contributed by atoms with van der Waals surface area (Å²) in [5.74, 6) is 0.384. The van der Waals surface area contributed by atoms with Gasteiger partial charge >= 0.3 is 0 Å². The molecule has 0 aliphatic heterocycles. The van der Waals surface area contributed by atoms with E-state index in [0.717, 1.165) is 9.13 Å². The third-order valence-corrected chi connectivity index (χ3v) is 2.50. The molecule has 0 aliphatic rings. The van der Waals surface area contributed by atoms with E-state index in [-0.39, 0.29) is 0 Å². The Morgan fingerprint density at radius 1 is 1.50 bits per heavy atom. The summed E-state index contributed by atoms with van der Waals surface area (Å²) in [5, 5.41) is 8.80. The van der Waals surface area contributed by atoms with Gasteiger partial charge in [-0.2, -0.15) is 5.26 Å². The fourth-order valence-electron chi connectivity index (χ4n) is 1.12. The summed E-state index contributed by atoms with van der Waals surface area (Å²) in [6.07, 6.45) is 3.41. The van der Waals surface area contributed by atoms with Gasteiger partial charge in [-0.3, -0.25) is 4.98 Å². The average molecular weight is 272 g/mol. The van der Waals surface area contributed by atoms with Gasteiger partial charge in [-0.1, -0.05) is 13.8 Å². The van der Waals surface area contributed by atoms with E-state index in [1.54, 1.807) is 12.4 Å². The Morgan fingerprint density at radius 3 is 2.58 bits per heavy atom. The van der Waals surface area contributed by atoms with Crippen molar-refractivity contribution in [1.29, 1.82) is 5.26 Å². The Hall–Kier alpha value is -0.630. The van der Waals surface area contributed by atoms with Crippen molar-refractivity contribution in [3.8, 4) is 6.07 Å². The first-order valence-electron chi connectivity index (χ1n) is 3.70. The van der Waals surface area contributed by atoms with Crippen molar-refractivity contribution in [2.24, 2.45) is 0 Å². The molecule has 2 nitrogen and oxygen atoms in total. The van der Waals surface area contributed by atoms with E-state index in [1.165, 1.54) is 0 Å². The molecule has 0 radical (unpaired) electrons. The van der Waals surface area contributed by atoms with E-state index in [4.69, 9.17) is 5.26 Å². The molecule has 0 saturated heterocycles. The summed E-state index contributed by atoms with van der Waals surface area (Å²) in [7, 11) is 0. The van der Waals surface area contributed by atoms with Crippen LogP contribution < -0.4 is 0 Å². The van der Waals surface area contributed by atoms with Crippen LogP contribution in [0, 0.1) is 14.9 Å². The van der Waals surface area contributed by atoms with Crippen LogP contribution >= 0.6 is 22.6 Å². The zero-order valence-electron chi connectivity index (χ0n) is 7.00. The number of nitriles is 1. The van der Waals surface area contributed by atoms with Crippen LogP contribution in [0.1, 0.15) is 30.9 Å². The number of rotatable bonds is 1. The largest absolute Gasteiger partial charge is 0.262 e. The predicted molar refractivity (Wildman–Crippen MR) is 55.8 cm³/mol. The van der Waals surface area contributed by atoms with Gasteiger partial charge in [-0.15, -0.1) is 0 Å². The molecule has 0 unspecified atom stereocenters. The average Bonchev–Trinajstić information content (AvgIpc) is 2.03. The van der Waals surface area contributed by atoms with Crippen LogP contribution in [0.15, 0.2) is 12.4 Å². The lowest BCUT2D eigenvalue weighted by Crippen LogP contribution is -1.97. The molecule has 0 amide bonds. The minimum absolute atomic E-state index is 0.384. The Balaban J connectivity index is 3.32. The molecule has 1 heterocycles. The Morgan fingerprint density at radius 2 is 2.17 bits per heavy atom. The maximum atomic E-state index is 8.80. The lowest BCUT2D eigenvalue weighted by molar-refractivity contribution is 0.851. The third kappa shape index (κ3) is 1.75. The van der Waals surface area contributed by atoms with Crippen molar-refractivity contribution in [3.63, 3.8) is 0 Å². The van der Waals surface area contributed by atoms with Gasteiger partial charge < -0.3 is 0 Å². The van der Waals surface area contributed by atoms with Crippen molar-refractivity contribution in [2.45, 2.75) is 19.8 Å². The molecule has 3 heteroatoms. The van der Waals surface area contributed by atoms with Crippen molar-refractivity contribution in [1.82, 2.24) is 4.98 Å². The summed E-state index contributed by atoms with van der Waals surface area (Å²) in [6, 6.07) is 2.15. The van der Waals surface area contributed by atoms with Gasteiger partial charge in [0.1, 0.15) is 6.07 Å². The van der Waals surface area contributed by atoms with Crippen LogP contribution in [-0.4, -0.2) is 4.98 Å². The predicted octanol–water partition coefficient (Wildman–Crippen LogP) is 2.68. The zero-order valence-corrected chi connectivity index (χ0v) is 9.16. The van der Waals surface area contributed by atoms with Gasteiger partial charge in [0.25, 0.3) is 0 Å². The maximum absolute atomic E-state index is 8.80. The monoisotopic (exact) mass is 272 g/mol. The summed E-state index contributed by atoms with van der Waals surface area (Å²) >= 11 is 2.21. The van der Waals surface area contributed by atoms with Crippen molar-refractivity contribution >= 4 is 22.6 Å². The number of hydrogen-bond donors (Lipinski definition) is 0. The molecule has 1 aromatic heterocycles. The molecule has 0 atom stereocenters. The van der Waals surface area contributed by atoms with Crippen LogP contribution in [0.3, 0.4) is 0 Å². The summed E-state index contributed by atoms with van der Waals surface area (Å²) in [5.41, 5.74) is 1.80. The molecule has 1 rings (SSSR count). The van der Waals surface area contributed by atoms with E-state index in [2.05, 4.69) is 47.5 Å². The molecule has 0 aromatic carbocycles. The second kappa shape index (κ2) is 3.85. The molecule has 1 aromatic rings. The molecule has 0 bridgehead atoms. The molecule has 0 aliphatic carbocycles. The number of halogens is 1. The minimum Gasteiger partial charge on any atom is -0.262 e. The highest BCUT2D eigenvalue weighted by atomic mass is 127. The minimum atomic E-state index is 0.384. The maximum Gasteiger partial charge on any atom is 0.101 e. The van der Waals surface area contributed by atoms with E-state index in [0.29, 0.717) is 11.5 Å². The second-order valence-electron chi connectivity index (χ2n) is 2.85. The van der Waals surface area contributed by atoms with Crippen LogP contribution in [0.2, 0.25) is 0 Å². The Labute approximate surface area is 85.8 Å². The van der Waals surface area contributed by atoms with E-state index < -0.39 is 0 Å². The topological polar surface area (TPSA) is 36.7 Å². The first-order chi connectivity index (χ1) is 5.66. The fourth-order valence-corrected chi connectivity index (χ4v) is 2.20. The van der Waals surface area contributed by atoms with Crippen LogP contribution in [-0.2, 0) is 0 Å². The van der Waals surface area contributed by atoms with E-state index in [1.807, 2.05) is 0 Å². The van der Waals surface area contributed by atoms with Crippen molar-refractivity contribution in [3.05, 3.63) is 27.1 Å². The number of aromatic nitrogens is 1. The van der Waals surface area contributed by atoms with Crippen LogP contribution in [0.4, 0.5) is 0 Å². The smallest absolute Gasteiger partial charge is 0.101 e. The third-order valence-electron chi connectivity index (χ3n) is 1.64. The highest BCUT2D eigenvalue weighted by molar-refractivity contribution is 14.1. The lowest BCUT2D eigenvalue weighted by Gasteiger charge is -2.08. The molecule has 0 fully saturated rings.